The van der Waals surface area contributed by atoms with Crippen LogP contribution in [0.25, 0.3) is 0 Å². The Labute approximate surface area is 94.8 Å². The van der Waals surface area contributed by atoms with Crippen LogP contribution in [0.4, 0.5) is 0 Å². The average Bonchev–Trinajstić information content (AvgIpc) is 2.66. The van der Waals surface area contributed by atoms with Crippen molar-refractivity contribution >= 4 is 0 Å². The van der Waals surface area contributed by atoms with E-state index in [2.05, 4.69) is 27.7 Å². The molecule has 3 atom stereocenters. The third kappa shape index (κ3) is 1.95. The van der Waals surface area contributed by atoms with Crippen LogP contribution in [0.2, 0.25) is 0 Å². The van der Waals surface area contributed by atoms with Gasteiger partial charge >= 0.3 is 0 Å². The Kier molecular flexibility index (Phi) is 2.65. The number of hydrogen-bond acceptors (Lipinski definition) is 1. The predicted molar refractivity (Wildman–Crippen MR) is 65.6 cm³/mol. The molecule has 0 bridgehead atoms. The highest BCUT2D eigenvalue weighted by Crippen LogP contribution is 2.64. The van der Waals surface area contributed by atoms with E-state index in [1.54, 1.807) is 0 Å². The number of hydrogen-bond donors (Lipinski definition) is 1. The molecule has 0 saturated heterocycles. The Morgan fingerprint density at radius 2 is 1.87 bits per heavy atom. The lowest BCUT2D eigenvalue weighted by Gasteiger charge is -2.36. The van der Waals surface area contributed by atoms with Crippen LogP contribution in [0.1, 0.15) is 53.4 Å². The molecule has 2 N–H and O–H groups in total. The van der Waals surface area contributed by atoms with E-state index in [0.717, 1.165) is 24.3 Å². The van der Waals surface area contributed by atoms with E-state index >= 15 is 0 Å². The van der Waals surface area contributed by atoms with Gasteiger partial charge < -0.3 is 5.73 Å². The van der Waals surface area contributed by atoms with Gasteiger partial charge in [-0.3, -0.25) is 0 Å². The van der Waals surface area contributed by atoms with Crippen LogP contribution in [0.15, 0.2) is 0 Å². The minimum atomic E-state index is 0.535. The lowest BCUT2D eigenvalue weighted by molar-refractivity contribution is 0.152. The van der Waals surface area contributed by atoms with Gasteiger partial charge in [0.2, 0.25) is 0 Å². The lowest BCUT2D eigenvalue weighted by atomic mass is 9.70. The van der Waals surface area contributed by atoms with Crippen molar-refractivity contribution in [1.29, 1.82) is 0 Å². The van der Waals surface area contributed by atoms with Crippen LogP contribution >= 0.6 is 0 Å². The molecule has 2 fully saturated rings. The normalized spacial score (nSPS) is 42.6. The van der Waals surface area contributed by atoms with Gasteiger partial charge in [0.25, 0.3) is 0 Å². The van der Waals surface area contributed by atoms with Crippen LogP contribution < -0.4 is 5.73 Å². The number of nitrogens with two attached hydrogens (primary N) is 1. The standard InChI is InChI=1S/C14H27N/c1-13(2)7-5-6-10(8-13)12-11(9-15)14(12,3)4/h10-12H,5-9,15H2,1-4H3/t10?,11-,12-/m0/s1. The van der Waals surface area contributed by atoms with E-state index < -0.39 is 0 Å². The molecule has 1 unspecified atom stereocenters. The summed E-state index contributed by atoms with van der Waals surface area (Å²) < 4.78 is 0. The summed E-state index contributed by atoms with van der Waals surface area (Å²) in [6.07, 6.45) is 5.73. The second-order valence-corrected chi connectivity index (χ2v) is 7.21. The van der Waals surface area contributed by atoms with E-state index in [4.69, 9.17) is 5.73 Å². The van der Waals surface area contributed by atoms with Crippen molar-refractivity contribution < 1.29 is 0 Å². The zero-order valence-electron chi connectivity index (χ0n) is 10.8. The highest BCUT2D eigenvalue weighted by molar-refractivity contribution is 5.08. The molecule has 2 saturated carbocycles. The van der Waals surface area contributed by atoms with Crippen molar-refractivity contribution in [3.63, 3.8) is 0 Å². The fraction of sp³-hybridized carbons (Fsp3) is 1.00. The zero-order valence-corrected chi connectivity index (χ0v) is 10.8. The second kappa shape index (κ2) is 3.48. The van der Waals surface area contributed by atoms with E-state index in [1.165, 1.54) is 25.7 Å². The molecule has 0 aromatic heterocycles. The Morgan fingerprint density at radius 3 is 2.33 bits per heavy atom. The molecule has 0 aromatic rings. The van der Waals surface area contributed by atoms with Crippen molar-refractivity contribution in [2.75, 3.05) is 6.54 Å². The van der Waals surface area contributed by atoms with Crippen LogP contribution in [-0.2, 0) is 0 Å². The van der Waals surface area contributed by atoms with Crippen LogP contribution in [-0.4, -0.2) is 6.54 Å². The van der Waals surface area contributed by atoms with Crippen LogP contribution in [0.3, 0.4) is 0 Å². The second-order valence-electron chi connectivity index (χ2n) is 7.21. The lowest BCUT2D eigenvalue weighted by Crippen LogP contribution is -2.25. The smallest absolute Gasteiger partial charge is 0.00407 e. The van der Waals surface area contributed by atoms with Gasteiger partial charge in [-0.1, -0.05) is 40.5 Å². The maximum atomic E-state index is 5.87. The Bertz CT molecular complexity index is 242. The summed E-state index contributed by atoms with van der Waals surface area (Å²) in [7, 11) is 0. The van der Waals surface area contributed by atoms with Gasteiger partial charge in [-0.25, -0.2) is 0 Å². The molecule has 2 aliphatic carbocycles. The van der Waals surface area contributed by atoms with E-state index in [9.17, 15) is 0 Å². The van der Waals surface area contributed by atoms with Gasteiger partial charge in [-0.2, -0.15) is 0 Å². The minimum absolute atomic E-state index is 0.535. The molecule has 2 rings (SSSR count). The van der Waals surface area contributed by atoms with Gasteiger partial charge in [-0.15, -0.1) is 0 Å². The number of rotatable bonds is 2. The minimum Gasteiger partial charge on any atom is -0.330 e. The van der Waals surface area contributed by atoms with Gasteiger partial charge in [0.15, 0.2) is 0 Å². The Balaban J connectivity index is 2.01. The highest BCUT2D eigenvalue weighted by atomic mass is 14.7. The van der Waals surface area contributed by atoms with Crippen LogP contribution in [0, 0.1) is 28.6 Å². The highest BCUT2D eigenvalue weighted by Gasteiger charge is 2.60. The van der Waals surface area contributed by atoms with Gasteiger partial charge in [0.05, 0.1) is 0 Å². The summed E-state index contributed by atoms with van der Waals surface area (Å²) in [5.74, 6) is 2.68. The van der Waals surface area contributed by atoms with Gasteiger partial charge in [0, 0.05) is 0 Å². The molecule has 1 heteroatoms. The molecule has 1 nitrogen and oxygen atoms in total. The third-order valence-corrected chi connectivity index (χ3v) is 5.14. The topological polar surface area (TPSA) is 26.0 Å². The fourth-order valence-corrected chi connectivity index (χ4v) is 4.24. The summed E-state index contributed by atoms with van der Waals surface area (Å²) in [5.41, 5.74) is 6.99. The molecule has 0 heterocycles. The first-order valence-corrected chi connectivity index (χ1v) is 6.58. The quantitative estimate of drug-likeness (QED) is 0.741. The van der Waals surface area contributed by atoms with Crippen molar-refractivity contribution in [1.82, 2.24) is 0 Å². The maximum Gasteiger partial charge on any atom is -0.00407 e. The summed E-state index contributed by atoms with van der Waals surface area (Å²) in [4.78, 5) is 0. The van der Waals surface area contributed by atoms with Gasteiger partial charge in [-0.05, 0) is 48.0 Å². The average molecular weight is 209 g/mol. The van der Waals surface area contributed by atoms with Crippen molar-refractivity contribution in [2.24, 2.45) is 34.3 Å². The van der Waals surface area contributed by atoms with Crippen LogP contribution in [0.5, 0.6) is 0 Å². The maximum absolute atomic E-state index is 5.87. The first-order valence-electron chi connectivity index (χ1n) is 6.58. The predicted octanol–water partition coefficient (Wildman–Crippen LogP) is 3.43. The molecule has 15 heavy (non-hydrogen) atoms. The molecule has 2 aliphatic rings. The first-order chi connectivity index (χ1) is 6.88. The third-order valence-electron chi connectivity index (χ3n) is 5.14. The molecular formula is C14H27N. The molecule has 0 amide bonds. The summed E-state index contributed by atoms with van der Waals surface area (Å²) in [6.45, 7) is 10.6. The van der Waals surface area contributed by atoms with E-state index in [0.29, 0.717) is 10.8 Å². The van der Waals surface area contributed by atoms with Gasteiger partial charge in [0.1, 0.15) is 0 Å². The first kappa shape index (κ1) is 11.4. The van der Waals surface area contributed by atoms with E-state index in [-0.39, 0.29) is 0 Å². The SMILES string of the molecule is CC1(C)CCCC([C@H]2[C@H](CN)C2(C)C)C1. The Morgan fingerprint density at radius 1 is 1.20 bits per heavy atom. The van der Waals surface area contributed by atoms with Crippen molar-refractivity contribution in [2.45, 2.75) is 53.4 Å². The fourth-order valence-electron chi connectivity index (χ4n) is 4.24. The molecule has 0 spiro atoms. The largest absolute Gasteiger partial charge is 0.330 e. The van der Waals surface area contributed by atoms with Crippen molar-refractivity contribution in [3.05, 3.63) is 0 Å². The zero-order chi connectivity index (χ0) is 11.3. The summed E-state index contributed by atoms with van der Waals surface area (Å²) in [6, 6.07) is 0. The summed E-state index contributed by atoms with van der Waals surface area (Å²) in [5, 5.41) is 0. The van der Waals surface area contributed by atoms with E-state index in [1.807, 2.05) is 0 Å². The van der Waals surface area contributed by atoms with Crippen molar-refractivity contribution in [3.8, 4) is 0 Å². The molecule has 0 radical (unpaired) electrons. The molecule has 0 aromatic carbocycles. The molecule has 0 aliphatic heterocycles. The molecular weight excluding hydrogens is 182 g/mol. The summed E-state index contributed by atoms with van der Waals surface area (Å²) >= 11 is 0. The monoisotopic (exact) mass is 209 g/mol. The molecule has 88 valence electrons. The Hall–Kier alpha value is -0.0400.